The lowest BCUT2D eigenvalue weighted by atomic mass is 10.1. The van der Waals surface area contributed by atoms with E-state index in [9.17, 15) is 9.18 Å². The lowest BCUT2D eigenvalue weighted by Gasteiger charge is -2.18. The largest absolute Gasteiger partial charge is 0.355 e. The van der Waals surface area contributed by atoms with E-state index in [4.69, 9.17) is 0 Å². The van der Waals surface area contributed by atoms with Gasteiger partial charge in [0.25, 0.3) is 0 Å². The first-order valence-corrected chi connectivity index (χ1v) is 8.37. The molecule has 1 N–H and O–H groups in total. The number of nitrogens with one attached hydrogen (secondary N) is 1. The molecule has 1 aromatic carbocycles. The third-order valence-electron chi connectivity index (χ3n) is 3.49. The summed E-state index contributed by atoms with van der Waals surface area (Å²) in [5, 5.41) is 2.89. The first-order valence-electron chi connectivity index (χ1n) is 7.46. The van der Waals surface area contributed by atoms with Crippen molar-refractivity contribution < 1.29 is 9.18 Å². The predicted molar refractivity (Wildman–Crippen MR) is 88.2 cm³/mol. The minimum Gasteiger partial charge on any atom is -0.355 e. The monoisotopic (exact) mass is 358 g/mol. The molecule has 1 unspecified atom stereocenters. The quantitative estimate of drug-likeness (QED) is 0.543. The summed E-state index contributed by atoms with van der Waals surface area (Å²) in [6.45, 7) is 7.94. The summed E-state index contributed by atoms with van der Waals surface area (Å²) in [6, 6.07) is 6.55. The second-order valence-electron chi connectivity index (χ2n) is 4.93. The van der Waals surface area contributed by atoms with Gasteiger partial charge >= 0.3 is 0 Å². The summed E-state index contributed by atoms with van der Waals surface area (Å²) in [7, 11) is 0. The number of halogens is 2. The third kappa shape index (κ3) is 6.57. The first-order chi connectivity index (χ1) is 10.1. The van der Waals surface area contributed by atoms with Gasteiger partial charge in [-0.1, -0.05) is 48.0 Å². The van der Waals surface area contributed by atoms with Crippen molar-refractivity contribution in [2.24, 2.45) is 0 Å². The molecule has 0 fully saturated rings. The second-order valence-corrected chi connectivity index (χ2v) is 6.04. The van der Waals surface area contributed by atoms with Crippen LogP contribution < -0.4 is 5.32 Å². The van der Waals surface area contributed by atoms with E-state index in [1.165, 1.54) is 6.07 Å². The zero-order chi connectivity index (χ0) is 15.7. The van der Waals surface area contributed by atoms with Crippen LogP contribution in [-0.4, -0.2) is 41.8 Å². The number of hydrogen-bond acceptors (Lipinski definition) is 2. The zero-order valence-electron chi connectivity index (χ0n) is 12.7. The molecule has 0 spiro atoms. The van der Waals surface area contributed by atoms with Crippen molar-refractivity contribution in [1.82, 2.24) is 10.2 Å². The van der Waals surface area contributed by atoms with E-state index in [-0.39, 0.29) is 11.7 Å². The molecule has 1 amide bonds. The van der Waals surface area contributed by atoms with Crippen molar-refractivity contribution in [3.05, 3.63) is 35.6 Å². The smallest absolute Gasteiger partial charge is 0.234 e. The molecular formula is C16H24BrFN2O. The number of nitrogens with zero attached hydrogens (tertiary/aromatic N) is 1. The molecule has 1 rings (SSSR count). The Morgan fingerprint density at radius 2 is 2.00 bits per heavy atom. The van der Waals surface area contributed by atoms with Crippen molar-refractivity contribution in [2.75, 3.05) is 26.2 Å². The molecular weight excluding hydrogens is 335 g/mol. The molecule has 5 heteroatoms. The minimum atomic E-state index is -0.400. The van der Waals surface area contributed by atoms with Crippen LogP contribution in [0.25, 0.3) is 0 Å². The van der Waals surface area contributed by atoms with Crippen molar-refractivity contribution in [2.45, 2.75) is 31.5 Å². The number of carbonyl (C=O) groups excluding carboxylic acids is 1. The van der Waals surface area contributed by atoms with Gasteiger partial charge in [0.1, 0.15) is 5.82 Å². The Balaban J connectivity index is 2.30. The molecule has 1 aromatic rings. The fourth-order valence-electron chi connectivity index (χ4n) is 2.11. The Kier molecular flexibility index (Phi) is 8.54. The Morgan fingerprint density at radius 1 is 1.33 bits per heavy atom. The van der Waals surface area contributed by atoms with E-state index in [0.717, 1.165) is 26.1 Å². The maximum atomic E-state index is 13.5. The van der Waals surface area contributed by atoms with E-state index in [1.807, 2.05) is 0 Å². The van der Waals surface area contributed by atoms with E-state index < -0.39 is 4.83 Å². The van der Waals surface area contributed by atoms with Gasteiger partial charge in [0.2, 0.25) is 5.91 Å². The van der Waals surface area contributed by atoms with Gasteiger partial charge in [0, 0.05) is 6.54 Å². The Morgan fingerprint density at radius 3 is 2.62 bits per heavy atom. The van der Waals surface area contributed by atoms with Crippen LogP contribution in [-0.2, 0) is 11.2 Å². The van der Waals surface area contributed by atoms with E-state index in [1.54, 1.807) is 18.2 Å². The van der Waals surface area contributed by atoms with E-state index in [2.05, 4.69) is 40.0 Å². The Labute approximate surface area is 135 Å². The van der Waals surface area contributed by atoms with Crippen LogP contribution in [0.2, 0.25) is 0 Å². The molecule has 0 aliphatic carbocycles. The van der Waals surface area contributed by atoms with E-state index >= 15 is 0 Å². The van der Waals surface area contributed by atoms with Gasteiger partial charge in [0.15, 0.2) is 0 Å². The van der Waals surface area contributed by atoms with Crippen molar-refractivity contribution in [1.29, 1.82) is 0 Å². The van der Waals surface area contributed by atoms with Crippen LogP contribution in [0.15, 0.2) is 24.3 Å². The number of hydrogen-bond donors (Lipinski definition) is 1. The summed E-state index contributed by atoms with van der Waals surface area (Å²) in [5.41, 5.74) is 0.553. The highest BCUT2D eigenvalue weighted by Gasteiger charge is 2.16. The number of amides is 1. The van der Waals surface area contributed by atoms with E-state index in [0.29, 0.717) is 18.5 Å². The predicted octanol–water partition coefficient (Wildman–Crippen LogP) is 2.98. The van der Waals surface area contributed by atoms with Crippen LogP contribution in [0.4, 0.5) is 4.39 Å². The average Bonchev–Trinajstić information content (AvgIpc) is 2.49. The normalized spacial score (nSPS) is 12.4. The lowest BCUT2D eigenvalue weighted by molar-refractivity contribution is -0.120. The van der Waals surface area contributed by atoms with Gasteiger partial charge in [-0.25, -0.2) is 4.39 Å². The molecule has 3 nitrogen and oxygen atoms in total. The molecule has 1 atom stereocenters. The number of benzene rings is 1. The number of rotatable bonds is 9. The number of carbonyl (C=O) groups is 1. The maximum absolute atomic E-state index is 13.5. The minimum absolute atomic E-state index is 0.0854. The van der Waals surface area contributed by atoms with Gasteiger partial charge in [0.05, 0.1) is 4.83 Å². The molecule has 0 aromatic heterocycles. The van der Waals surface area contributed by atoms with Crippen molar-refractivity contribution in [3.8, 4) is 0 Å². The molecule has 0 heterocycles. The highest BCUT2D eigenvalue weighted by molar-refractivity contribution is 9.10. The third-order valence-corrected chi connectivity index (χ3v) is 4.23. The molecule has 0 aliphatic heterocycles. The van der Waals surface area contributed by atoms with Crippen LogP contribution in [0.3, 0.4) is 0 Å². The standard InChI is InChI=1S/C16H24BrFN2O/c1-3-20(4-2)11-7-10-19-16(21)14(17)12-13-8-5-6-9-15(13)18/h5-6,8-9,14H,3-4,7,10-12H2,1-2H3,(H,19,21). The summed E-state index contributed by atoms with van der Waals surface area (Å²) in [4.78, 5) is 13.9. The van der Waals surface area contributed by atoms with Gasteiger partial charge < -0.3 is 10.2 Å². The summed E-state index contributed by atoms with van der Waals surface area (Å²) in [6.07, 6.45) is 1.28. The van der Waals surface area contributed by atoms with Gasteiger partial charge in [-0.2, -0.15) is 0 Å². The Bertz CT molecular complexity index is 438. The molecule has 0 radical (unpaired) electrons. The molecule has 0 saturated heterocycles. The van der Waals surface area contributed by atoms with Gasteiger partial charge in [-0.05, 0) is 44.1 Å². The number of alkyl halides is 1. The topological polar surface area (TPSA) is 32.3 Å². The Hall–Kier alpha value is -0.940. The van der Waals surface area contributed by atoms with Crippen LogP contribution >= 0.6 is 15.9 Å². The maximum Gasteiger partial charge on any atom is 0.234 e. The summed E-state index contributed by atoms with van der Waals surface area (Å²) < 4.78 is 13.5. The van der Waals surface area contributed by atoms with Crippen LogP contribution in [0.5, 0.6) is 0 Å². The fourth-order valence-corrected chi connectivity index (χ4v) is 2.63. The highest BCUT2D eigenvalue weighted by atomic mass is 79.9. The second kappa shape index (κ2) is 9.90. The van der Waals surface area contributed by atoms with Crippen LogP contribution in [0.1, 0.15) is 25.8 Å². The van der Waals surface area contributed by atoms with Crippen LogP contribution in [0, 0.1) is 5.82 Å². The molecule has 0 saturated carbocycles. The van der Waals surface area contributed by atoms with Gasteiger partial charge in [-0.3, -0.25) is 4.79 Å². The molecule has 0 aliphatic rings. The first kappa shape index (κ1) is 18.1. The molecule has 118 valence electrons. The van der Waals surface area contributed by atoms with Crippen molar-refractivity contribution >= 4 is 21.8 Å². The lowest BCUT2D eigenvalue weighted by Crippen LogP contribution is -2.35. The summed E-state index contributed by atoms with van der Waals surface area (Å²) >= 11 is 3.33. The zero-order valence-corrected chi connectivity index (χ0v) is 14.3. The fraction of sp³-hybridized carbons (Fsp3) is 0.562. The molecule has 0 bridgehead atoms. The molecule has 21 heavy (non-hydrogen) atoms. The van der Waals surface area contributed by atoms with Crippen molar-refractivity contribution in [3.63, 3.8) is 0 Å². The van der Waals surface area contributed by atoms with Gasteiger partial charge in [-0.15, -0.1) is 0 Å². The summed E-state index contributed by atoms with van der Waals surface area (Å²) in [5.74, 6) is -0.353. The SMILES string of the molecule is CCN(CC)CCCNC(=O)C(Br)Cc1ccccc1F. The average molecular weight is 359 g/mol. The highest BCUT2D eigenvalue weighted by Crippen LogP contribution is 2.13.